The normalized spacial score (nSPS) is 17.6. The summed E-state index contributed by atoms with van der Waals surface area (Å²) in [5.41, 5.74) is 5.16. The highest BCUT2D eigenvalue weighted by molar-refractivity contribution is 7.91. The molecule has 3 aromatic heterocycles. The number of fused-ring (bicyclic) bond motifs is 1. The number of nitrogens with one attached hydrogen (secondary N) is 2. The van der Waals surface area contributed by atoms with E-state index < -0.39 is 9.73 Å². The van der Waals surface area contributed by atoms with Gasteiger partial charge in [0, 0.05) is 29.7 Å². The minimum atomic E-state index is -2.78. The average molecular weight is 545 g/mol. The predicted octanol–water partition coefficient (Wildman–Crippen LogP) is 4.76. The third-order valence-electron chi connectivity index (χ3n) is 7.71. The van der Waals surface area contributed by atoms with Gasteiger partial charge in [-0.05, 0) is 70.1 Å². The summed E-state index contributed by atoms with van der Waals surface area (Å²) in [4.78, 5) is 37.9. The lowest BCUT2D eigenvalue weighted by molar-refractivity contribution is 0.482. The average Bonchev–Trinajstić information content (AvgIpc) is 3.81. The molecule has 6 rings (SSSR count). The topological polar surface area (TPSA) is 139 Å². The molecule has 11 heteroatoms. The molecule has 39 heavy (non-hydrogen) atoms. The van der Waals surface area contributed by atoms with Gasteiger partial charge in [-0.15, -0.1) is 0 Å². The fraction of sp³-hybridized carbons (Fsp3) is 0.429. The van der Waals surface area contributed by atoms with Crippen molar-refractivity contribution >= 4 is 26.7 Å². The zero-order valence-electron chi connectivity index (χ0n) is 22.6. The third-order valence-corrected chi connectivity index (χ3v) is 8.88. The minimum Gasteiger partial charge on any atom is -0.361 e. The van der Waals surface area contributed by atoms with Crippen LogP contribution in [0, 0.1) is 24.5 Å². The fourth-order valence-corrected chi connectivity index (χ4v) is 5.76. The summed E-state index contributed by atoms with van der Waals surface area (Å²) < 4.78 is 21.6. The molecule has 10 nitrogen and oxygen atoms in total. The molecular formula is C28H32N8O2S. The van der Waals surface area contributed by atoms with E-state index in [1.54, 1.807) is 23.0 Å². The summed E-state index contributed by atoms with van der Waals surface area (Å²) in [5.74, 6) is 1.61. The van der Waals surface area contributed by atoms with Crippen molar-refractivity contribution in [1.29, 1.82) is 4.78 Å². The first kappa shape index (κ1) is 25.5. The van der Waals surface area contributed by atoms with Crippen LogP contribution in [0.25, 0.3) is 22.6 Å². The van der Waals surface area contributed by atoms with Gasteiger partial charge in [0.1, 0.15) is 11.8 Å². The van der Waals surface area contributed by atoms with E-state index in [-0.39, 0.29) is 17.4 Å². The van der Waals surface area contributed by atoms with Gasteiger partial charge in [0.15, 0.2) is 17.3 Å². The van der Waals surface area contributed by atoms with Crippen molar-refractivity contribution in [3.8, 4) is 11.4 Å². The lowest BCUT2D eigenvalue weighted by atomic mass is 10.1. The highest BCUT2D eigenvalue weighted by Crippen LogP contribution is 2.44. The monoisotopic (exact) mass is 544 g/mol. The van der Waals surface area contributed by atoms with Crippen LogP contribution in [0.15, 0.2) is 40.3 Å². The lowest BCUT2D eigenvalue weighted by Gasteiger charge is -2.20. The molecule has 202 valence electrons. The smallest absolute Gasteiger partial charge is 0.295 e. The van der Waals surface area contributed by atoms with E-state index in [2.05, 4.69) is 22.2 Å². The molecule has 0 spiro atoms. The van der Waals surface area contributed by atoms with Crippen LogP contribution in [0.5, 0.6) is 0 Å². The Hall–Kier alpha value is -3.73. The van der Waals surface area contributed by atoms with Gasteiger partial charge in [-0.25, -0.2) is 33.9 Å². The molecule has 2 N–H and O–H groups in total. The van der Waals surface area contributed by atoms with Crippen molar-refractivity contribution in [2.24, 2.45) is 5.92 Å². The zero-order chi connectivity index (χ0) is 27.5. The summed E-state index contributed by atoms with van der Waals surface area (Å²) in [6.07, 6.45) is 7.36. The molecule has 0 bridgehead atoms. The maximum atomic E-state index is 13.9. The number of rotatable bonds is 8. The Balaban J connectivity index is 1.44. The number of nitrogens with zero attached hydrogens (tertiary/aromatic N) is 6. The van der Waals surface area contributed by atoms with Crippen LogP contribution in [0.1, 0.15) is 67.2 Å². The number of anilines is 1. The molecule has 4 aromatic rings. The second-order valence-corrected chi connectivity index (χ2v) is 13.0. The molecule has 2 fully saturated rings. The Bertz CT molecular complexity index is 1760. The number of aryl methyl sites for hydroxylation is 2. The number of hydrogen-bond acceptors (Lipinski definition) is 9. The van der Waals surface area contributed by atoms with E-state index in [9.17, 15) is 9.00 Å². The summed E-state index contributed by atoms with van der Waals surface area (Å²) in [6.45, 7) is 6.29. The molecule has 0 aliphatic heterocycles. The van der Waals surface area contributed by atoms with E-state index >= 15 is 0 Å². The molecule has 2 saturated carbocycles. The Kier molecular flexibility index (Phi) is 6.21. The summed E-state index contributed by atoms with van der Waals surface area (Å²) in [6, 6.07) is 6.98. The van der Waals surface area contributed by atoms with Crippen molar-refractivity contribution < 1.29 is 4.21 Å². The van der Waals surface area contributed by atoms with Gasteiger partial charge in [-0.3, -0.25) is 9.36 Å². The maximum absolute atomic E-state index is 13.9. The molecule has 2 aliphatic rings. The van der Waals surface area contributed by atoms with E-state index in [1.807, 2.05) is 26.0 Å². The van der Waals surface area contributed by atoms with Crippen molar-refractivity contribution in [3.05, 3.63) is 63.6 Å². The quantitative estimate of drug-likeness (QED) is 0.324. The first-order valence-electron chi connectivity index (χ1n) is 13.3. The molecule has 0 saturated heterocycles. The SMILES string of the molecule is Cc1ncnc(C2CC2)c1-c1nc(C)c2nc(NCc3ccc(S(C)(=N)=O)cc3)c(=O)n([C@@H](C)C3CC3)c2n1. The number of hydrogen-bond donors (Lipinski definition) is 2. The Labute approximate surface area is 227 Å². The fourth-order valence-electron chi connectivity index (χ4n) is 5.10. The molecule has 2 atom stereocenters. The summed E-state index contributed by atoms with van der Waals surface area (Å²) in [5, 5.41) is 3.21. The number of benzene rings is 1. The van der Waals surface area contributed by atoms with Gasteiger partial charge in [0.2, 0.25) is 0 Å². The first-order chi connectivity index (χ1) is 18.6. The Morgan fingerprint density at radius 1 is 1.05 bits per heavy atom. The van der Waals surface area contributed by atoms with Crippen LogP contribution in [0.2, 0.25) is 0 Å². The zero-order valence-corrected chi connectivity index (χ0v) is 23.4. The van der Waals surface area contributed by atoms with Crippen LogP contribution in [-0.4, -0.2) is 40.0 Å². The van der Waals surface area contributed by atoms with Crippen molar-refractivity contribution in [2.45, 2.75) is 69.9 Å². The minimum absolute atomic E-state index is 0.0317. The van der Waals surface area contributed by atoms with Crippen LogP contribution in [-0.2, 0) is 16.3 Å². The van der Waals surface area contributed by atoms with E-state index in [1.165, 1.54) is 6.26 Å². The van der Waals surface area contributed by atoms with Gasteiger partial charge in [-0.2, -0.15) is 0 Å². The molecule has 1 unspecified atom stereocenters. The van der Waals surface area contributed by atoms with E-state index in [4.69, 9.17) is 19.7 Å². The standard InChI is InChI=1S/C28H32N8O2S/c1-15-22(24(20-9-10-20)32-14-31-15)25-33-16(2)23-27(35-25)36(17(3)19-7-8-19)28(37)26(34-23)30-13-18-5-11-21(12-6-18)39(4,29)38/h5-6,11-12,14,17,19-20,29H,7-10,13H2,1-4H3,(H,30,34)/t17-,39?/m0/s1. The maximum Gasteiger partial charge on any atom is 0.295 e. The van der Waals surface area contributed by atoms with Crippen LogP contribution in [0.3, 0.4) is 0 Å². The largest absolute Gasteiger partial charge is 0.361 e. The first-order valence-corrected chi connectivity index (χ1v) is 15.3. The van der Waals surface area contributed by atoms with Crippen LogP contribution in [0.4, 0.5) is 5.82 Å². The predicted molar refractivity (Wildman–Crippen MR) is 150 cm³/mol. The molecule has 3 heterocycles. The second-order valence-electron chi connectivity index (χ2n) is 10.9. The third kappa shape index (κ3) is 4.91. The lowest BCUT2D eigenvalue weighted by Crippen LogP contribution is -2.29. The van der Waals surface area contributed by atoms with Gasteiger partial charge >= 0.3 is 0 Å². The van der Waals surface area contributed by atoms with E-state index in [0.29, 0.717) is 46.0 Å². The highest BCUT2D eigenvalue weighted by atomic mass is 32.2. The highest BCUT2D eigenvalue weighted by Gasteiger charge is 2.33. The van der Waals surface area contributed by atoms with Crippen molar-refractivity contribution in [3.63, 3.8) is 0 Å². The Morgan fingerprint density at radius 3 is 2.41 bits per heavy atom. The van der Waals surface area contributed by atoms with Crippen molar-refractivity contribution in [2.75, 3.05) is 11.6 Å². The van der Waals surface area contributed by atoms with Crippen LogP contribution < -0.4 is 10.9 Å². The molecule has 2 aliphatic carbocycles. The number of aromatic nitrogens is 6. The van der Waals surface area contributed by atoms with Gasteiger partial charge in [0.05, 0.1) is 32.4 Å². The molecule has 0 radical (unpaired) electrons. The molecule has 0 amide bonds. The van der Waals surface area contributed by atoms with E-state index in [0.717, 1.165) is 48.2 Å². The van der Waals surface area contributed by atoms with Crippen LogP contribution >= 0.6 is 0 Å². The van der Waals surface area contributed by atoms with Gasteiger partial charge in [0.25, 0.3) is 5.56 Å². The van der Waals surface area contributed by atoms with Gasteiger partial charge in [-0.1, -0.05) is 12.1 Å². The molecular weight excluding hydrogens is 512 g/mol. The molecule has 1 aromatic carbocycles. The van der Waals surface area contributed by atoms with Crippen molar-refractivity contribution in [1.82, 2.24) is 29.5 Å². The second kappa shape index (κ2) is 9.48. The Morgan fingerprint density at radius 2 is 1.77 bits per heavy atom. The van der Waals surface area contributed by atoms with Gasteiger partial charge < -0.3 is 5.32 Å². The summed E-state index contributed by atoms with van der Waals surface area (Å²) in [7, 11) is -2.78. The summed E-state index contributed by atoms with van der Waals surface area (Å²) >= 11 is 0.